The number of ketones is 1. The highest BCUT2D eigenvalue weighted by Gasteiger charge is 2.22. The fraction of sp³-hybridized carbons (Fsp3) is 0.160. The Morgan fingerprint density at radius 1 is 1.03 bits per heavy atom. The van der Waals surface area contributed by atoms with Gasteiger partial charge in [0, 0.05) is 41.1 Å². The predicted octanol–water partition coefficient (Wildman–Crippen LogP) is 5.06. The molecule has 1 unspecified atom stereocenters. The van der Waals surface area contributed by atoms with Crippen LogP contribution < -0.4 is 0 Å². The molecule has 1 N–H and O–H groups in total. The van der Waals surface area contributed by atoms with E-state index in [1.54, 1.807) is 30.5 Å². The molecule has 0 aliphatic heterocycles. The lowest BCUT2D eigenvalue weighted by molar-refractivity contribution is -0.127. The Morgan fingerprint density at radius 3 is 2.56 bits per heavy atom. The maximum Gasteiger partial charge on any atom is 0.297 e. The first kappa shape index (κ1) is 21.9. The molecule has 5 rings (SSSR count). The maximum atomic E-state index is 12.4. The van der Waals surface area contributed by atoms with E-state index in [0.29, 0.717) is 34.8 Å². The van der Waals surface area contributed by atoms with Gasteiger partial charge in [-0.2, -0.15) is 4.98 Å². The van der Waals surface area contributed by atoms with Gasteiger partial charge in [0.2, 0.25) is 11.6 Å². The van der Waals surface area contributed by atoms with E-state index in [1.165, 1.54) is 11.3 Å². The summed E-state index contributed by atoms with van der Waals surface area (Å²) in [7, 11) is 0. The van der Waals surface area contributed by atoms with Crippen molar-refractivity contribution < 1.29 is 18.9 Å². The Hall–Kier alpha value is -3.95. The fourth-order valence-electron chi connectivity index (χ4n) is 3.58. The summed E-state index contributed by atoms with van der Waals surface area (Å²) in [5, 5.41) is 21.4. The molecule has 170 valence electrons. The number of rotatable bonds is 8. The van der Waals surface area contributed by atoms with E-state index in [0.717, 1.165) is 16.1 Å². The Labute approximate surface area is 198 Å². The summed E-state index contributed by atoms with van der Waals surface area (Å²) >= 11 is 1.49. The van der Waals surface area contributed by atoms with Crippen LogP contribution in [0.5, 0.6) is 0 Å². The molecule has 0 radical (unpaired) electrons. The van der Waals surface area contributed by atoms with Crippen LogP contribution in [0.2, 0.25) is 0 Å². The van der Waals surface area contributed by atoms with Crippen molar-refractivity contribution in [2.24, 2.45) is 0 Å². The van der Waals surface area contributed by atoms with Gasteiger partial charge in [-0.15, -0.1) is 11.3 Å². The van der Waals surface area contributed by atoms with Crippen LogP contribution in [0.3, 0.4) is 0 Å². The summed E-state index contributed by atoms with van der Waals surface area (Å²) in [5.74, 6) is 0.752. The van der Waals surface area contributed by atoms with Gasteiger partial charge in [0.25, 0.3) is 5.89 Å². The zero-order chi connectivity index (χ0) is 23.5. The van der Waals surface area contributed by atoms with Crippen molar-refractivity contribution in [3.8, 4) is 34.3 Å². The van der Waals surface area contributed by atoms with Crippen LogP contribution in [-0.4, -0.2) is 31.2 Å². The average Bonchev–Trinajstić information content (AvgIpc) is 3.64. The molecule has 0 spiro atoms. The molecule has 3 heterocycles. The SMILES string of the molecule is Cc1c(-c2ccccc2)noc1-c1nc(-c2ccc(C(O)C(=O)CCc3nccs3)cc2)no1. The molecule has 3 aromatic heterocycles. The van der Waals surface area contributed by atoms with Gasteiger partial charge < -0.3 is 14.2 Å². The summed E-state index contributed by atoms with van der Waals surface area (Å²) in [6, 6.07) is 16.6. The first-order chi connectivity index (χ1) is 16.6. The third-order valence-corrected chi connectivity index (χ3v) is 6.29. The average molecular weight is 473 g/mol. The van der Waals surface area contributed by atoms with E-state index in [-0.39, 0.29) is 18.1 Å². The molecule has 0 aliphatic carbocycles. The fourth-order valence-corrected chi connectivity index (χ4v) is 4.20. The number of nitrogens with zero attached hydrogens (tertiary/aromatic N) is 4. The van der Waals surface area contributed by atoms with Gasteiger partial charge >= 0.3 is 0 Å². The van der Waals surface area contributed by atoms with E-state index in [2.05, 4.69) is 20.3 Å². The number of aliphatic hydroxyl groups is 1. The van der Waals surface area contributed by atoms with Gasteiger partial charge in [-0.1, -0.05) is 64.9 Å². The highest BCUT2D eigenvalue weighted by atomic mass is 32.1. The van der Waals surface area contributed by atoms with Crippen LogP contribution in [0.4, 0.5) is 0 Å². The molecule has 8 nitrogen and oxygen atoms in total. The maximum absolute atomic E-state index is 12.4. The number of hydrogen-bond acceptors (Lipinski definition) is 9. The van der Waals surface area contributed by atoms with Crippen molar-refractivity contribution in [2.75, 3.05) is 0 Å². The van der Waals surface area contributed by atoms with E-state index in [4.69, 9.17) is 9.05 Å². The van der Waals surface area contributed by atoms with Crippen LogP contribution in [0.1, 0.15) is 28.7 Å². The van der Waals surface area contributed by atoms with Crippen molar-refractivity contribution in [1.82, 2.24) is 20.3 Å². The molecular formula is C25H20N4O4S. The van der Waals surface area contributed by atoms with Crippen LogP contribution in [-0.2, 0) is 11.2 Å². The van der Waals surface area contributed by atoms with Crippen molar-refractivity contribution in [3.63, 3.8) is 0 Å². The molecule has 0 fully saturated rings. The van der Waals surface area contributed by atoms with E-state index >= 15 is 0 Å². The molecule has 2 aromatic carbocycles. The number of thiazole rings is 1. The van der Waals surface area contributed by atoms with Crippen molar-refractivity contribution in [2.45, 2.75) is 25.9 Å². The number of aliphatic hydroxyl groups excluding tert-OH is 1. The third kappa shape index (κ3) is 4.43. The second-order valence-electron chi connectivity index (χ2n) is 7.69. The van der Waals surface area contributed by atoms with Gasteiger partial charge in [0.1, 0.15) is 11.8 Å². The molecule has 0 saturated heterocycles. The van der Waals surface area contributed by atoms with Crippen LogP contribution in [0.15, 0.2) is 75.2 Å². The Morgan fingerprint density at radius 2 is 1.82 bits per heavy atom. The number of carbonyl (C=O) groups is 1. The van der Waals surface area contributed by atoms with Gasteiger partial charge in [-0.3, -0.25) is 4.79 Å². The minimum Gasteiger partial charge on any atom is -0.381 e. The topological polar surface area (TPSA) is 115 Å². The Kier molecular flexibility index (Phi) is 6.11. The van der Waals surface area contributed by atoms with Crippen LogP contribution in [0, 0.1) is 6.92 Å². The Balaban J connectivity index is 1.29. The van der Waals surface area contributed by atoms with Crippen molar-refractivity contribution in [3.05, 3.63) is 82.3 Å². The highest BCUT2D eigenvalue weighted by Crippen LogP contribution is 2.31. The highest BCUT2D eigenvalue weighted by molar-refractivity contribution is 7.09. The zero-order valence-corrected chi connectivity index (χ0v) is 19.0. The molecular weight excluding hydrogens is 452 g/mol. The van der Waals surface area contributed by atoms with E-state index in [1.807, 2.05) is 42.6 Å². The largest absolute Gasteiger partial charge is 0.381 e. The monoisotopic (exact) mass is 472 g/mol. The normalized spacial score (nSPS) is 12.1. The van der Waals surface area contributed by atoms with E-state index < -0.39 is 6.10 Å². The summed E-state index contributed by atoms with van der Waals surface area (Å²) < 4.78 is 10.9. The molecule has 0 aliphatic rings. The lowest BCUT2D eigenvalue weighted by Gasteiger charge is -2.09. The van der Waals surface area contributed by atoms with Gasteiger partial charge in [-0.25, -0.2) is 4.98 Å². The molecule has 1 atom stereocenters. The van der Waals surface area contributed by atoms with Crippen molar-refractivity contribution >= 4 is 17.1 Å². The molecule has 9 heteroatoms. The second kappa shape index (κ2) is 9.50. The smallest absolute Gasteiger partial charge is 0.297 e. The molecule has 5 aromatic rings. The number of aryl methyl sites for hydroxylation is 1. The van der Waals surface area contributed by atoms with Gasteiger partial charge in [-0.05, 0) is 12.5 Å². The lowest BCUT2D eigenvalue weighted by Crippen LogP contribution is -2.12. The van der Waals surface area contributed by atoms with E-state index in [9.17, 15) is 9.90 Å². The number of aromatic nitrogens is 4. The van der Waals surface area contributed by atoms with Crippen LogP contribution >= 0.6 is 11.3 Å². The summed E-state index contributed by atoms with van der Waals surface area (Å²) in [4.78, 5) is 21.0. The summed E-state index contributed by atoms with van der Waals surface area (Å²) in [6.07, 6.45) is 1.26. The van der Waals surface area contributed by atoms with Crippen molar-refractivity contribution in [1.29, 1.82) is 0 Å². The first-order valence-corrected chi connectivity index (χ1v) is 11.5. The number of Topliss-reactive ketones (excluding diaryl/α,β-unsaturated/α-hetero) is 1. The third-order valence-electron chi connectivity index (χ3n) is 5.45. The predicted molar refractivity (Wildman–Crippen MR) is 126 cm³/mol. The Bertz CT molecular complexity index is 1390. The number of carbonyl (C=O) groups excluding carboxylic acids is 1. The van der Waals surface area contributed by atoms with Crippen LogP contribution in [0.25, 0.3) is 34.3 Å². The molecule has 0 amide bonds. The minimum absolute atomic E-state index is 0.226. The second-order valence-corrected chi connectivity index (χ2v) is 8.67. The molecule has 0 saturated carbocycles. The lowest BCUT2D eigenvalue weighted by atomic mass is 10.0. The molecule has 0 bridgehead atoms. The summed E-state index contributed by atoms with van der Waals surface area (Å²) in [6.45, 7) is 1.89. The number of hydrogen-bond donors (Lipinski definition) is 1. The number of benzene rings is 2. The zero-order valence-electron chi connectivity index (χ0n) is 18.2. The van der Waals surface area contributed by atoms with Gasteiger partial charge in [0.05, 0.1) is 5.01 Å². The molecule has 34 heavy (non-hydrogen) atoms. The quantitative estimate of drug-likeness (QED) is 0.333. The van der Waals surface area contributed by atoms with Gasteiger partial charge in [0.15, 0.2) is 5.78 Å². The summed E-state index contributed by atoms with van der Waals surface area (Å²) in [5.41, 5.74) is 3.64. The minimum atomic E-state index is -1.19. The first-order valence-electron chi connectivity index (χ1n) is 10.7. The standard InChI is InChI=1S/C25H20N4O4S/c1-15-21(16-5-3-2-4-6-16)28-32-23(15)25-27-24(29-33-25)18-9-7-17(8-10-18)22(31)19(30)11-12-20-26-13-14-34-20/h2-10,13-14,22,31H,11-12H2,1H3.